The van der Waals surface area contributed by atoms with Crippen LogP contribution in [0.2, 0.25) is 0 Å². The summed E-state index contributed by atoms with van der Waals surface area (Å²) >= 11 is 0. The van der Waals surface area contributed by atoms with Crippen molar-refractivity contribution in [3.05, 3.63) is 54.1 Å². The van der Waals surface area contributed by atoms with Gasteiger partial charge >= 0.3 is 0 Å². The molecule has 0 amide bonds. The van der Waals surface area contributed by atoms with Crippen molar-refractivity contribution in [3.63, 3.8) is 0 Å². The van der Waals surface area contributed by atoms with Crippen LogP contribution in [0.3, 0.4) is 0 Å². The molecule has 0 aliphatic carbocycles. The van der Waals surface area contributed by atoms with Crippen molar-refractivity contribution < 1.29 is 9.13 Å². The largest absolute Gasteiger partial charge is 0.486 e. The summed E-state index contributed by atoms with van der Waals surface area (Å²) in [6.07, 6.45) is 5.10. The summed E-state index contributed by atoms with van der Waals surface area (Å²) in [6.45, 7) is 0. The molecular weight excluding hydrogens is 155 g/mol. The van der Waals surface area contributed by atoms with Gasteiger partial charge in [0, 0.05) is 12.0 Å². The van der Waals surface area contributed by atoms with Gasteiger partial charge in [0.1, 0.15) is 5.82 Å². The summed E-state index contributed by atoms with van der Waals surface area (Å²) < 4.78 is 17.9. The maximum atomic E-state index is 12.7. The van der Waals surface area contributed by atoms with Crippen molar-refractivity contribution in [1.82, 2.24) is 0 Å². The van der Waals surface area contributed by atoms with Crippen LogP contribution in [0.1, 0.15) is 12.0 Å². The van der Waals surface area contributed by atoms with Crippen molar-refractivity contribution in [3.8, 4) is 0 Å². The van der Waals surface area contributed by atoms with E-state index in [4.69, 9.17) is 4.74 Å². The van der Waals surface area contributed by atoms with Gasteiger partial charge in [-0.05, 0) is 18.2 Å². The van der Waals surface area contributed by atoms with Crippen molar-refractivity contribution in [2.75, 3.05) is 0 Å². The fourth-order valence-corrected chi connectivity index (χ4v) is 1.18. The summed E-state index contributed by atoms with van der Waals surface area (Å²) in [5, 5.41) is 0. The molecule has 0 aromatic heterocycles. The molecule has 12 heavy (non-hydrogen) atoms. The lowest BCUT2D eigenvalue weighted by Gasteiger charge is -2.07. The Kier molecular flexibility index (Phi) is 1.82. The number of halogens is 1. The molecule has 0 bridgehead atoms. The van der Waals surface area contributed by atoms with Crippen LogP contribution >= 0.6 is 0 Å². The summed E-state index contributed by atoms with van der Waals surface area (Å²) in [5.41, 5.74) is 0.819. The van der Waals surface area contributed by atoms with Crippen LogP contribution in [0, 0.1) is 11.9 Å². The molecule has 0 N–H and O–H groups in total. The molecule has 1 aromatic carbocycles. The van der Waals surface area contributed by atoms with Crippen LogP contribution in [0.5, 0.6) is 0 Å². The zero-order valence-electron chi connectivity index (χ0n) is 6.46. The first kappa shape index (κ1) is 7.35. The topological polar surface area (TPSA) is 9.23 Å². The Balaban J connectivity index is 2.22. The second-order valence-electron chi connectivity index (χ2n) is 2.63. The van der Waals surface area contributed by atoms with E-state index in [2.05, 4.69) is 0 Å². The molecule has 0 saturated carbocycles. The van der Waals surface area contributed by atoms with Gasteiger partial charge in [0.15, 0.2) is 6.10 Å². The van der Waals surface area contributed by atoms with Crippen molar-refractivity contribution in [2.45, 2.75) is 6.42 Å². The van der Waals surface area contributed by atoms with Crippen LogP contribution in [0.15, 0.2) is 36.6 Å². The minimum atomic E-state index is -0.226. The third-order valence-electron chi connectivity index (χ3n) is 1.76. The van der Waals surface area contributed by atoms with E-state index < -0.39 is 0 Å². The van der Waals surface area contributed by atoms with Gasteiger partial charge < -0.3 is 4.74 Å². The molecule has 2 rings (SSSR count). The van der Waals surface area contributed by atoms with Gasteiger partial charge in [-0.25, -0.2) is 4.39 Å². The Morgan fingerprint density at radius 3 is 2.92 bits per heavy atom. The maximum Gasteiger partial charge on any atom is 0.180 e. The zero-order chi connectivity index (χ0) is 8.39. The molecule has 1 radical (unpaired) electrons. The summed E-state index contributed by atoms with van der Waals surface area (Å²) in [4.78, 5) is 0. The summed E-state index contributed by atoms with van der Waals surface area (Å²) in [5.74, 6) is -0.226. The Morgan fingerprint density at radius 1 is 1.33 bits per heavy atom. The van der Waals surface area contributed by atoms with E-state index in [-0.39, 0.29) is 5.82 Å². The first-order chi connectivity index (χ1) is 5.86. The Bertz CT molecular complexity index is 298. The predicted octanol–water partition coefficient (Wildman–Crippen LogP) is 2.64. The van der Waals surface area contributed by atoms with E-state index in [9.17, 15) is 4.39 Å². The SMILES string of the molecule is Fc1cccc([C]2CC=CO2)c1. The number of hydrogen-bond acceptors (Lipinski definition) is 1. The van der Waals surface area contributed by atoms with Crippen molar-refractivity contribution in [1.29, 1.82) is 0 Å². The number of ether oxygens (including phenoxy) is 1. The van der Waals surface area contributed by atoms with Crippen LogP contribution in [-0.2, 0) is 4.74 Å². The lowest BCUT2D eigenvalue weighted by Crippen LogP contribution is -1.96. The zero-order valence-corrected chi connectivity index (χ0v) is 6.46. The molecule has 0 fully saturated rings. The van der Waals surface area contributed by atoms with Gasteiger partial charge in [-0.1, -0.05) is 12.1 Å². The molecule has 0 saturated heterocycles. The average molecular weight is 163 g/mol. The number of hydrogen-bond donors (Lipinski definition) is 0. The Labute approximate surface area is 70.5 Å². The third-order valence-corrected chi connectivity index (χ3v) is 1.76. The molecule has 1 aromatic rings. The second kappa shape index (κ2) is 2.97. The summed E-state index contributed by atoms with van der Waals surface area (Å²) in [7, 11) is 0. The monoisotopic (exact) mass is 163 g/mol. The van der Waals surface area contributed by atoms with Crippen LogP contribution in [-0.4, -0.2) is 0 Å². The molecule has 2 heteroatoms. The van der Waals surface area contributed by atoms with Gasteiger partial charge in [-0.15, -0.1) is 0 Å². The minimum Gasteiger partial charge on any atom is -0.486 e. The molecule has 0 unspecified atom stereocenters. The first-order valence-corrected chi connectivity index (χ1v) is 3.80. The van der Waals surface area contributed by atoms with Gasteiger partial charge in [-0.2, -0.15) is 0 Å². The van der Waals surface area contributed by atoms with Crippen LogP contribution in [0.4, 0.5) is 4.39 Å². The lowest BCUT2D eigenvalue weighted by molar-refractivity contribution is 0.302. The van der Waals surface area contributed by atoms with Gasteiger partial charge in [-0.3, -0.25) is 0 Å². The van der Waals surface area contributed by atoms with Crippen LogP contribution in [0.25, 0.3) is 0 Å². The second-order valence-corrected chi connectivity index (χ2v) is 2.63. The average Bonchev–Trinajstić information content (AvgIpc) is 2.56. The highest BCUT2D eigenvalue weighted by Crippen LogP contribution is 2.25. The van der Waals surface area contributed by atoms with Gasteiger partial charge in [0.2, 0.25) is 0 Å². The minimum absolute atomic E-state index is 0.226. The normalized spacial score (nSPS) is 16.4. The number of rotatable bonds is 1. The van der Waals surface area contributed by atoms with E-state index in [1.54, 1.807) is 12.3 Å². The molecular formula is C10H8FO. The molecule has 0 atom stereocenters. The van der Waals surface area contributed by atoms with Crippen molar-refractivity contribution in [2.24, 2.45) is 0 Å². The van der Waals surface area contributed by atoms with E-state index in [0.717, 1.165) is 18.1 Å². The number of benzene rings is 1. The highest BCUT2D eigenvalue weighted by molar-refractivity contribution is 5.30. The molecule has 1 aliphatic heterocycles. The fourth-order valence-electron chi connectivity index (χ4n) is 1.18. The molecule has 1 nitrogen and oxygen atoms in total. The van der Waals surface area contributed by atoms with Crippen molar-refractivity contribution >= 4 is 0 Å². The Hall–Kier alpha value is -1.31. The van der Waals surface area contributed by atoms with E-state index in [1.165, 1.54) is 12.1 Å². The molecule has 1 aliphatic rings. The highest BCUT2D eigenvalue weighted by Gasteiger charge is 2.15. The third kappa shape index (κ3) is 1.33. The molecule has 61 valence electrons. The maximum absolute atomic E-state index is 12.7. The van der Waals surface area contributed by atoms with Gasteiger partial charge in [0.05, 0.1) is 6.26 Å². The fraction of sp³-hybridized carbons (Fsp3) is 0.100. The first-order valence-electron chi connectivity index (χ1n) is 3.80. The van der Waals surface area contributed by atoms with E-state index in [0.29, 0.717) is 0 Å². The predicted molar refractivity (Wildman–Crippen MR) is 43.6 cm³/mol. The Morgan fingerprint density at radius 2 is 2.25 bits per heavy atom. The van der Waals surface area contributed by atoms with Gasteiger partial charge in [0.25, 0.3) is 0 Å². The van der Waals surface area contributed by atoms with Crippen LogP contribution < -0.4 is 0 Å². The van der Waals surface area contributed by atoms with E-state index >= 15 is 0 Å². The lowest BCUT2D eigenvalue weighted by atomic mass is 10.1. The smallest absolute Gasteiger partial charge is 0.180 e. The quantitative estimate of drug-likeness (QED) is 0.618. The molecule has 1 heterocycles. The highest BCUT2D eigenvalue weighted by atomic mass is 19.1. The van der Waals surface area contributed by atoms with E-state index in [1.807, 2.05) is 12.1 Å². The summed E-state index contributed by atoms with van der Waals surface area (Å²) in [6, 6.07) is 6.42. The standard InChI is InChI=1S/C10H8FO/c11-9-4-1-3-8(7-9)10-5-2-6-12-10/h1-4,6-7H,5H2. The molecule has 0 spiro atoms.